The van der Waals surface area contributed by atoms with Gasteiger partial charge in [-0.3, -0.25) is 0 Å². The zero-order valence-electron chi connectivity index (χ0n) is 9.83. The molecule has 2 rings (SSSR count). The van der Waals surface area contributed by atoms with Crippen LogP contribution in [0.1, 0.15) is 0 Å². The average Bonchev–Trinajstić information content (AvgIpc) is 2.28. The van der Waals surface area contributed by atoms with Crippen molar-refractivity contribution in [3.63, 3.8) is 0 Å². The van der Waals surface area contributed by atoms with E-state index < -0.39 is 9.84 Å². The third kappa shape index (κ3) is 3.03. The summed E-state index contributed by atoms with van der Waals surface area (Å²) < 4.78 is 22.8. The van der Waals surface area contributed by atoms with Gasteiger partial charge in [-0.2, -0.15) is 0 Å². The Kier molecular flexibility index (Phi) is 4.38. The normalized spacial score (nSPS) is 10.7. The van der Waals surface area contributed by atoms with E-state index >= 15 is 0 Å². The minimum absolute atomic E-state index is 0. The molecule has 3 nitrogen and oxygen atoms in total. The van der Waals surface area contributed by atoms with Gasteiger partial charge < -0.3 is 5.73 Å². The second kappa shape index (κ2) is 5.42. The molecule has 0 aromatic heterocycles. The van der Waals surface area contributed by atoms with Crippen LogP contribution in [-0.2, 0) is 9.84 Å². The molecule has 0 spiro atoms. The summed E-state index contributed by atoms with van der Waals surface area (Å²) in [5.74, 6) is 0. The van der Waals surface area contributed by atoms with Crippen molar-refractivity contribution in [2.45, 2.75) is 4.90 Å². The van der Waals surface area contributed by atoms with E-state index in [1.807, 2.05) is 30.3 Å². The minimum Gasteiger partial charge on any atom is -0.398 e. The number of nitrogens with two attached hydrogens (primary N) is 1. The van der Waals surface area contributed by atoms with Crippen molar-refractivity contribution in [3.8, 4) is 11.1 Å². The van der Waals surface area contributed by atoms with Gasteiger partial charge in [0.1, 0.15) is 0 Å². The second-order valence-corrected chi connectivity index (χ2v) is 5.87. The van der Waals surface area contributed by atoms with Gasteiger partial charge >= 0.3 is 0 Å². The molecule has 0 bridgehead atoms. The second-order valence-electron chi connectivity index (χ2n) is 3.89. The van der Waals surface area contributed by atoms with Crippen molar-refractivity contribution in [2.75, 3.05) is 12.0 Å². The summed E-state index contributed by atoms with van der Waals surface area (Å²) in [4.78, 5) is 0.178. The number of hydrogen-bond acceptors (Lipinski definition) is 3. The summed E-state index contributed by atoms with van der Waals surface area (Å²) in [6.45, 7) is 0. The summed E-state index contributed by atoms with van der Waals surface area (Å²) in [7, 11) is -3.26. The Hall–Kier alpha value is -1.52. The molecule has 96 valence electrons. The number of rotatable bonds is 2. The molecular formula is C13H14ClNO2S. The van der Waals surface area contributed by atoms with E-state index in [1.165, 1.54) is 0 Å². The zero-order valence-corrected chi connectivity index (χ0v) is 11.5. The van der Waals surface area contributed by atoms with Crippen LogP contribution in [0.4, 0.5) is 5.69 Å². The zero-order chi connectivity index (χ0) is 12.5. The highest BCUT2D eigenvalue weighted by Crippen LogP contribution is 2.26. The Morgan fingerprint density at radius 3 is 2.06 bits per heavy atom. The van der Waals surface area contributed by atoms with Crippen molar-refractivity contribution in [3.05, 3.63) is 48.5 Å². The summed E-state index contributed by atoms with van der Waals surface area (Å²) in [5, 5.41) is 0. The first-order valence-electron chi connectivity index (χ1n) is 5.13. The highest BCUT2D eigenvalue weighted by Gasteiger charge is 2.11. The van der Waals surface area contributed by atoms with Crippen molar-refractivity contribution < 1.29 is 8.42 Å². The van der Waals surface area contributed by atoms with E-state index in [-0.39, 0.29) is 23.0 Å². The lowest BCUT2D eigenvalue weighted by atomic mass is 10.1. The number of nitrogen functional groups attached to an aromatic ring is 1. The molecule has 0 aliphatic carbocycles. The third-order valence-electron chi connectivity index (χ3n) is 2.52. The van der Waals surface area contributed by atoms with Gasteiger partial charge in [0.05, 0.1) is 10.6 Å². The fraction of sp³-hybridized carbons (Fsp3) is 0.0769. The molecule has 0 saturated carbocycles. The van der Waals surface area contributed by atoms with Crippen LogP contribution < -0.4 is 5.73 Å². The van der Waals surface area contributed by atoms with E-state index in [2.05, 4.69) is 0 Å². The lowest BCUT2D eigenvalue weighted by Crippen LogP contribution is -2.02. The molecule has 2 aromatic carbocycles. The van der Waals surface area contributed by atoms with Gasteiger partial charge in [-0.25, -0.2) is 8.42 Å². The van der Waals surface area contributed by atoms with E-state index in [0.717, 1.165) is 17.4 Å². The van der Waals surface area contributed by atoms with Crippen LogP contribution in [0.5, 0.6) is 0 Å². The molecule has 0 heterocycles. The van der Waals surface area contributed by atoms with E-state index in [9.17, 15) is 8.42 Å². The van der Waals surface area contributed by atoms with Gasteiger partial charge in [0.2, 0.25) is 0 Å². The van der Waals surface area contributed by atoms with Gasteiger partial charge in [-0.1, -0.05) is 36.4 Å². The first kappa shape index (κ1) is 14.5. The van der Waals surface area contributed by atoms with Gasteiger partial charge in [0, 0.05) is 6.26 Å². The fourth-order valence-electron chi connectivity index (χ4n) is 1.70. The summed E-state index contributed by atoms with van der Waals surface area (Å²) in [6, 6.07) is 14.7. The van der Waals surface area contributed by atoms with Crippen LogP contribution >= 0.6 is 12.4 Å². The van der Waals surface area contributed by atoms with Crippen molar-refractivity contribution in [2.24, 2.45) is 0 Å². The molecule has 18 heavy (non-hydrogen) atoms. The Labute approximate surface area is 113 Å². The number of halogens is 1. The average molecular weight is 284 g/mol. The van der Waals surface area contributed by atoms with Crippen LogP contribution in [0.3, 0.4) is 0 Å². The van der Waals surface area contributed by atoms with E-state index in [0.29, 0.717) is 0 Å². The number of anilines is 1. The lowest BCUT2D eigenvalue weighted by molar-refractivity contribution is 0.602. The molecule has 2 N–H and O–H groups in total. The largest absolute Gasteiger partial charge is 0.398 e. The van der Waals surface area contributed by atoms with Crippen molar-refractivity contribution >= 4 is 27.9 Å². The Morgan fingerprint density at radius 1 is 0.944 bits per heavy atom. The Balaban J connectivity index is 0.00000162. The predicted octanol–water partition coefficient (Wildman–Crippen LogP) is 2.76. The summed E-state index contributed by atoms with van der Waals surface area (Å²) >= 11 is 0. The van der Waals surface area contributed by atoms with Crippen LogP contribution in [0.25, 0.3) is 11.1 Å². The highest BCUT2D eigenvalue weighted by molar-refractivity contribution is 7.90. The monoisotopic (exact) mass is 283 g/mol. The molecule has 0 unspecified atom stereocenters. The Morgan fingerprint density at radius 2 is 1.56 bits per heavy atom. The molecule has 0 saturated heterocycles. The van der Waals surface area contributed by atoms with E-state index in [1.54, 1.807) is 18.2 Å². The highest BCUT2D eigenvalue weighted by atomic mass is 35.5. The van der Waals surface area contributed by atoms with Crippen LogP contribution in [0.15, 0.2) is 53.4 Å². The molecule has 0 aliphatic heterocycles. The number of sulfone groups is 1. The standard InChI is InChI=1S/C13H13NO2S.ClH/c1-17(15,16)13-8-7-11(9-12(13)14)10-5-3-2-4-6-10;/h2-9H,14H2,1H3;1H. The topological polar surface area (TPSA) is 60.2 Å². The van der Waals surface area contributed by atoms with Gasteiger partial charge in [0.15, 0.2) is 9.84 Å². The summed E-state index contributed by atoms with van der Waals surface area (Å²) in [5.41, 5.74) is 7.98. The maximum atomic E-state index is 11.4. The molecule has 2 aromatic rings. The molecule has 0 aliphatic rings. The van der Waals surface area contributed by atoms with Crippen LogP contribution in [0.2, 0.25) is 0 Å². The molecule has 0 amide bonds. The predicted molar refractivity (Wildman–Crippen MR) is 76.6 cm³/mol. The maximum Gasteiger partial charge on any atom is 0.177 e. The molecule has 0 atom stereocenters. The van der Waals surface area contributed by atoms with Gasteiger partial charge in [-0.05, 0) is 23.3 Å². The third-order valence-corrected chi connectivity index (χ3v) is 3.69. The first-order chi connectivity index (χ1) is 7.98. The molecule has 5 heteroatoms. The quantitative estimate of drug-likeness (QED) is 0.862. The van der Waals surface area contributed by atoms with Gasteiger partial charge in [-0.15, -0.1) is 12.4 Å². The van der Waals surface area contributed by atoms with Crippen LogP contribution in [0, 0.1) is 0 Å². The fourth-order valence-corrected chi connectivity index (χ4v) is 2.50. The molecular weight excluding hydrogens is 270 g/mol. The molecule has 0 radical (unpaired) electrons. The van der Waals surface area contributed by atoms with Crippen LogP contribution in [-0.4, -0.2) is 14.7 Å². The number of hydrogen-bond donors (Lipinski definition) is 1. The van der Waals surface area contributed by atoms with Crippen molar-refractivity contribution in [1.82, 2.24) is 0 Å². The molecule has 0 fully saturated rings. The summed E-state index contributed by atoms with van der Waals surface area (Å²) in [6.07, 6.45) is 1.15. The smallest absolute Gasteiger partial charge is 0.177 e. The first-order valence-corrected chi connectivity index (χ1v) is 7.02. The Bertz CT molecular complexity index is 639. The SMILES string of the molecule is CS(=O)(=O)c1ccc(-c2ccccc2)cc1N.Cl. The van der Waals surface area contributed by atoms with E-state index in [4.69, 9.17) is 5.73 Å². The van der Waals surface area contributed by atoms with Gasteiger partial charge in [0.25, 0.3) is 0 Å². The lowest BCUT2D eigenvalue weighted by Gasteiger charge is -2.06. The minimum atomic E-state index is -3.26. The maximum absolute atomic E-state index is 11.4. The number of benzene rings is 2. The van der Waals surface area contributed by atoms with Crippen molar-refractivity contribution in [1.29, 1.82) is 0 Å².